The first kappa shape index (κ1) is 6.74. The number of hydrogen-bond donors (Lipinski definition) is 1. The summed E-state index contributed by atoms with van der Waals surface area (Å²) in [6.07, 6.45) is 4.57. The summed E-state index contributed by atoms with van der Waals surface area (Å²) in [6.45, 7) is 0. The van der Waals surface area contributed by atoms with Crippen LogP contribution in [0.15, 0.2) is 23.5 Å². The van der Waals surface area contributed by atoms with Crippen LogP contribution >= 0.6 is 0 Å². The van der Waals surface area contributed by atoms with Gasteiger partial charge in [-0.3, -0.25) is 9.98 Å². The van der Waals surface area contributed by atoms with Gasteiger partial charge in [-0.25, -0.2) is 0 Å². The van der Waals surface area contributed by atoms with E-state index in [1.807, 2.05) is 0 Å². The van der Waals surface area contributed by atoms with Gasteiger partial charge in [0.15, 0.2) is 0 Å². The third kappa shape index (κ3) is 1.31. The van der Waals surface area contributed by atoms with Crippen molar-refractivity contribution >= 4 is 6.21 Å². The van der Waals surface area contributed by atoms with Crippen LogP contribution in [-0.2, 0) is 0 Å². The smallest absolute Gasteiger partial charge is 0.142 e. The minimum absolute atomic E-state index is 0.160. The third-order valence-electron chi connectivity index (χ3n) is 1.10. The second-order valence-electron chi connectivity index (χ2n) is 1.82. The molecule has 0 saturated carbocycles. The first-order valence-corrected chi connectivity index (χ1v) is 2.89. The molecule has 0 saturated heterocycles. The predicted molar refractivity (Wildman–Crippen MR) is 39.4 cm³/mol. The van der Waals surface area contributed by atoms with Crippen molar-refractivity contribution in [3.63, 3.8) is 0 Å². The van der Waals surface area contributed by atoms with Crippen molar-refractivity contribution in [2.75, 3.05) is 7.05 Å². The summed E-state index contributed by atoms with van der Waals surface area (Å²) in [5.41, 5.74) is 0.692. The highest BCUT2D eigenvalue weighted by molar-refractivity contribution is 5.82. The van der Waals surface area contributed by atoms with Crippen molar-refractivity contribution in [2.24, 2.45) is 4.99 Å². The summed E-state index contributed by atoms with van der Waals surface area (Å²) < 4.78 is 0. The Morgan fingerprint density at radius 3 is 3.10 bits per heavy atom. The van der Waals surface area contributed by atoms with Crippen LogP contribution < -0.4 is 0 Å². The lowest BCUT2D eigenvalue weighted by Crippen LogP contribution is -1.81. The van der Waals surface area contributed by atoms with E-state index in [1.54, 1.807) is 25.5 Å². The van der Waals surface area contributed by atoms with Gasteiger partial charge in [-0.1, -0.05) is 0 Å². The van der Waals surface area contributed by atoms with Gasteiger partial charge in [-0.05, 0) is 6.07 Å². The van der Waals surface area contributed by atoms with Gasteiger partial charge < -0.3 is 5.11 Å². The molecule has 0 amide bonds. The maximum Gasteiger partial charge on any atom is 0.142 e. The summed E-state index contributed by atoms with van der Waals surface area (Å²) in [7, 11) is 1.65. The molecule has 0 unspecified atom stereocenters. The van der Waals surface area contributed by atoms with Gasteiger partial charge in [0.1, 0.15) is 5.75 Å². The highest BCUT2D eigenvalue weighted by Crippen LogP contribution is 2.10. The maximum atomic E-state index is 9.09. The number of hydrogen-bond acceptors (Lipinski definition) is 3. The SMILES string of the molecule is CN=Cc1ccncc1O. The molecule has 3 nitrogen and oxygen atoms in total. The quantitative estimate of drug-likeness (QED) is 0.581. The fourth-order valence-electron chi connectivity index (χ4n) is 0.645. The van der Waals surface area contributed by atoms with Gasteiger partial charge in [-0.15, -0.1) is 0 Å². The summed E-state index contributed by atoms with van der Waals surface area (Å²) in [4.78, 5) is 7.47. The number of pyridine rings is 1. The fraction of sp³-hybridized carbons (Fsp3) is 0.143. The highest BCUT2D eigenvalue weighted by Gasteiger charge is 1.93. The van der Waals surface area contributed by atoms with E-state index in [2.05, 4.69) is 9.98 Å². The molecule has 1 heterocycles. The van der Waals surface area contributed by atoms with E-state index < -0.39 is 0 Å². The summed E-state index contributed by atoms with van der Waals surface area (Å²) in [5, 5.41) is 9.09. The monoisotopic (exact) mass is 136 g/mol. The zero-order chi connectivity index (χ0) is 7.40. The van der Waals surface area contributed by atoms with E-state index in [-0.39, 0.29) is 5.75 Å². The van der Waals surface area contributed by atoms with Gasteiger partial charge in [0.2, 0.25) is 0 Å². The Hall–Kier alpha value is -1.38. The zero-order valence-electron chi connectivity index (χ0n) is 5.65. The van der Waals surface area contributed by atoms with Crippen LogP contribution in [0.3, 0.4) is 0 Å². The number of aromatic nitrogens is 1. The number of nitrogens with zero attached hydrogens (tertiary/aromatic N) is 2. The lowest BCUT2D eigenvalue weighted by Gasteiger charge is -1.93. The van der Waals surface area contributed by atoms with Crippen LogP contribution in [0.5, 0.6) is 5.75 Å². The van der Waals surface area contributed by atoms with Crippen LogP contribution in [0.2, 0.25) is 0 Å². The lowest BCUT2D eigenvalue weighted by atomic mass is 10.3. The van der Waals surface area contributed by atoms with E-state index in [0.29, 0.717) is 5.56 Å². The molecule has 0 aliphatic rings. The molecule has 1 aromatic heterocycles. The molecule has 0 atom stereocenters. The standard InChI is InChI=1S/C7H8N2O/c1-8-4-6-2-3-9-5-7(6)10/h2-5,10H,1H3. The van der Waals surface area contributed by atoms with Crippen molar-refractivity contribution < 1.29 is 5.11 Å². The Labute approximate surface area is 59.1 Å². The van der Waals surface area contributed by atoms with E-state index in [9.17, 15) is 0 Å². The fourth-order valence-corrected chi connectivity index (χ4v) is 0.645. The number of aliphatic imine (C=N–C) groups is 1. The van der Waals surface area contributed by atoms with Crippen LogP contribution in [0.25, 0.3) is 0 Å². The molecule has 3 heteroatoms. The molecular formula is C7H8N2O. The molecule has 0 spiro atoms. The highest BCUT2D eigenvalue weighted by atomic mass is 16.3. The number of aromatic hydroxyl groups is 1. The molecule has 0 aliphatic carbocycles. The van der Waals surface area contributed by atoms with E-state index in [4.69, 9.17) is 5.11 Å². The van der Waals surface area contributed by atoms with Gasteiger partial charge >= 0.3 is 0 Å². The molecule has 1 N–H and O–H groups in total. The van der Waals surface area contributed by atoms with E-state index >= 15 is 0 Å². The largest absolute Gasteiger partial charge is 0.506 e. The minimum Gasteiger partial charge on any atom is -0.506 e. The molecule has 0 fully saturated rings. The van der Waals surface area contributed by atoms with Gasteiger partial charge in [0.25, 0.3) is 0 Å². The first-order chi connectivity index (χ1) is 4.84. The molecule has 0 aliphatic heterocycles. The van der Waals surface area contributed by atoms with Crippen molar-refractivity contribution in [2.45, 2.75) is 0 Å². The predicted octanol–water partition coefficient (Wildman–Crippen LogP) is 0.836. The van der Waals surface area contributed by atoms with Crippen LogP contribution in [-0.4, -0.2) is 23.4 Å². The third-order valence-corrected chi connectivity index (χ3v) is 1.10. The topological polar surface area (TPSA) is 45.5 Å². The lowest BCUT2D eigenvalue weighted by molar-refractivity contribution is 0.472. The van der Waals surface area contributed by atoms with Crippen LogP contribution in [0.1, 0.15) is 5.56 Å². The maximum absolute atomic E-state index is 9.09. The average Bonchev–Trinajstić information content (AvgIpc) is 1.94. The second-order valence-corrected chi connectivity index (χ2v) is 1.82. The molecule has 1 rings (SSSR count). The Kier molecular flexibility index (Phi) is 1.99. The summed E-state index contributed by atoms with van der Waals surface area (Å²) in [6, 6.07) is 1.70. The van der Waals surface area contributed by atoms with Gasteiger partial charge in [0.05, 0.1) is 6.20 Å². The van der Waals surface area contributed by atoms with E-state index in [0.717, 1.165) is 0 Å². The minimum atomic E-state index is 0.160. The zero-order valence-corrected chi connectivity index (χ0v) is 5.65. The summed E-state index contributed by atoms with van der Waals surface area (Å²) in [5.74, 6) is 0.160. The normalized spacial score (nSPS) is 10.5. The Morgan fingerprint density at radius 2 is 2.50 bits per heavy atom. The molecule has 10 heavy (non-hydrogen) atoms. The van der Waals surface area contributed by atoms with Crippen LogP contribution in [0.4, 0.5) is 0 Å². The molecule has 52 valence electrons. The Bertz CT molecular complexity index is 245. The molecule has 0 radical (unpaired) electrons. The van der Waals surface area contributed by atoms with E-state index in [1.165, 1.54) is 6.20 Å². The van der Waals surface area contributed by atoms with Gasteiger partial charge in [0, 0.05) is 25.0 Å². The van der Waals surface area contributed by atoms with Crippen molar-refractivity contribution in [1.29, 1.82) is 0 Å². The van der Waals surface area contributed by atoms with Crippen molar-refractivity contribution in [3.8, 4) is 5.75 Å². The number of rotatable bonds is 1. The van der Waals surface area contributed by atoms with Gasteiger partial charge in [-0.2, -0.15) is 0 Å². The second kappa shape index (κ2) is 2.96. The van der Waals surface area contributed by atoms with Crippen LogP contribution in [0, 0.1) is 0 Å². The molecule has 0 aromatic carbocycles. The Balaban J connectivity index is 3.03. The molecule has 1 aromatic rings. The molecular weight excluding hydrogens is 128 g/mol. The van der Waals surface area contributed by atoms with Crippen molar-refractivity contribution in [1.82, 2.24) is 4.98 Å². The molecule has 0 bridgehead atoms. The first-order valence-electron chi connectivity index (χ1n) is 2.89. The Morgan fingerprint density at radius 1 is 1.70 bits per heavy atom. The average molecular weight is 136 g/mol. The summed E-state index contributed by atoms with van der Waals surface area (Å²) >= 11 is 0. The van der Waals surface area contributed by atoms with Crippen molar-refractivity contribution in [3.05, 3.63) is 24.0 Å².